The van der Waals surface area contributed by atoms with Gasteiger partial charge in [-0.25, -0.2) is 0 Å². The van der Waals surface area contributed by atoms with E-state index in [2.05, 4.69) is 10.5 Å². The van der Waals surface area contributed by atoms with Crippen LogP contribution in [0.1, 0.15) is 31.9 Å². The van der Waals surface area contributed by atoms with E-state index in [1.807, 2.05) is 13.8 Å². The molecule has 0 heterocycles. The number of benzene rings is 2. The first-order valence-electron chi connectivity index (χ1n) is 9.33. The summed E-state index contributed by atoms with van der Waals surface area (Å²) < 4.78 is 44.1. The van der Waals surface area contributed by atoms with Gasteiger partial charge < -0.3 is 9.64 Å². The van der Waals surface area contributed by atoms with E-state index in [9.17, 15) is 18.0 Å². The van der Waals surface area contributed by atoms with Crippen molar-refractivity contribution < 1.29 is 22.7 Å². The second-order valence-electron chi connectivity index (χ2n) is 6.38. The summed E-state index contributed by atoms with van der Waals surface area (Å²) in [7, 11) is 0. The summed E-state index contributed by atoms with van der Waals surface area (Å²) in [6.45, 7) is 6.70. The number of hydrogen-bond donors (Lipinski definition) is 1. The lowest BCUT2D eigenvalue weighted by atomic mass is 10.1. The fourth-order valence-corrected chi connectivity index (χ4v) is 2.76. The molecule has 0 aliphatic heterocycles. The number of hydrazone groups is 1. The van der Waals surface area contributed by atoms with Gasteiger partial charge in [0.1, 0.15) is 5.75 Å². The van der Waals surface area contributed by atoms with Gasteiger partial charge in [-0.05, 0) is 68.8 Å². The minimum absolute atomic E-state index is 0.0519. The largest absolute Gasteiger partial charge is 0.484 e. The molecule has 0 aromatic heterocycles. The van der Waals surface area contributed by atoms with E-state index in [4.69, 9.17) is 16.3 Å². The van der Waals surface area contributed by atoms with Crippen LogP contribution in [0.5, 0.6) is 5.75 Å². The van der Waals surface area contributed by atoms with Crippen LogP contribution in [0.15, 0.2) is 47.6 Å². The molecule has 162 valence electrons. The number of carbonyl (C=O) groups excluding carboxylic acids is 1. The van der Waals surface area contributed by atoms with Gasteiger partial charge in [-0.2, -0.15) is 18.3 Å². The molecule has 0 saturated carbocycles. The van der Waals surface area contributed by atoms with Gasteiger partial charge in [0.05, 0.1) is 22.0 Å². The first-order chi connectivity index (χ1) is 14.2. The Hall–Kier alpha value is -2.74. The van der Waals surface area contributed by atoms with Crippen LogP contribution in [-0.4, -0.2) is 36.2 Å². The van der Waals surface area contributed by atoms with Gasteiger partial charge in [-0.3, -0.25) is 10.2 Å². The molecule has 2 aromatic rings. The number of ether oxygens (including phenoxy) is 1. The number of hydrogen-bond acceptors (Lipinski definition) is 4. The van der Waals surface area contributed by atoms with Crippen LogP contribution in [0.3, 0.4) is 0 Å². The van der Waals surface area contributed by atoms with Gasteiger partial charge in [0, 0.05) is 13.1 Å². The lowest BCUT2D eigenvalue weighted by molar-refractivity contribution is -0.137. The van der Waals surface area contributed by atoms with E-state index in [1.54, 1.807) is 36.1 Å². The van der Waals surface area contributed by atoms with Crippen molar-refractivity contribution in [2.45, 2.75) is 26.9 Å². The van der Waals surface area contributed by atoms with E-state index < -0.39 is 11.7 Å². The van der Waals surface area contributed by atoms with E-state index in [1.165, 1.54) is 6.07 Å². The molecular weight excluding hydrogens is 419 g/mol. The Morgan fingerprint density at radius 3 is 2.33 bits per heavy atom. The fourth-order valence-electron chi connectivity index (χ4n) is 2.60. The Labute approximate surface area is 178 Å². The zero-order valence-electron chi connectivity index (χ0n) is 16.9. The van der Waals surface area contributed by atoms with Crippen molar-refractivity contribution >= 4 is 28.9 Å². The monoisotopic (exact) mass is 441 g/mol. The topological polar surface area (TPSA) is 53.9 Å². The molecule has 5 nitrogen and oxygen atoms in total. The maximum Gasteiger partial charge on any atom is 0.416 e. The molecule has 0 bridgehead atoms. The van der Waals surface area contributed by atoms with E-state index in [0.29, 0.717) is 24.6 Å². The zero-order chi connectivity index (χ0) is 22.3. The summed E-state index contributed by atoms with van der Waals surface area (Å²) in [5, 5.41) is 4.24. The van der Waals surface area contributed by atoms with Crippen LogP contribution in [-0.2, 0) is 11.0 Å². The maximum absolute atomic E-state index is 12.9. The number of amides is 1. The van der Waals surface area contributed by atoms with E-state index in [-0.39, 0.29) is 23.2 Å². The minimum atomic E-state index is -4.47. The SMILES string of the molecule is CCN(CC)C(=O)COc1ccc(C(C)=NNc2cc(C(F)(F)F)ccc2Cl)cc1. The van der Waals surface area contributed by atoms with E-state index in [0.717, 1.165) is 17.7 Å². The van der Waals surface area contributed by atoms with Gasteiger partial charge >= 0.3 is 6.18 Å². The lowest BCUT2D eigenvalue weighted by Gasteiger charge is -2.18. The highest BCUT2D eigenvalue weighted by Crippen LogP contribution is 2.33. The molecule has 2 rings (SSSR count). The highest BCUT2D eigenvalue weighted by Gasteiger charge is 2.30. The number of likely N-dealkylation sites (N-methyl/N-ethyl adjacent to an activating group) is 1. The molecule has 0 aliphatic carbocycles. The van der Waals surface area contributed by atoms with Gasteiger partial charge in [-0.15, -0.1) is 0 Å². The third-order valence-corrected chi connectivity index (χ3v) is 4.72. The standard InChI is InChI=1S/C21H23ClF3N3O2/c1-4-28(5-2)20(29)13-30-17-9-6-15(7-10-17)14(3)26-27-19-12-16(21(23,24)25)8-11-18(19)22/h6-12,27H,4-5,13H2,1-3H3. The summed E-state index contributed by atoms with van der Waals surface area (Å²) in [5.74, 6) is 0.435. The molecular formula is C21H23ClF3N3O2. The van der Waals surface area contributed by atoms with Crippen LogP contribution in [0.25, 0.3) is 0 Å². The first kappa shape index (κ1) is 23.5. The average molecular weight is 442 g/mol. The Balaban J connectivity index is 2.03. The molecule has 30 heavy (non-hydrogen) atoms. The van der Waals surface area contributed by atoms with Crippen molar-refractivity contribution in [1.29, 1.82) is 0 Å². The zero-order valence-corrected chi connectivity index (χ0v) is 17.6. The van der Waals surface area contributed by atoms with Gasteiger partial charge in [0.25, 0.3) is 5.91 Å². The van der Waals surface area contributed by atoms with Gasteiger partial charge in [0.2, 0.25) is 0 Å². The number of anilines is 1. The highest BCUT2D eigenvalue weighted by atomic mass is 35.5. The third-order valence-electron chi connectivity index (χ3n) is 4.39. The van der Waals surface area contributed by atoms with Crippen LogP contribution in [0, 0.1) is 0 Å². The molecule has 0 radical (unpaired) electrons. The number of carbonyl (C=O) groups is 1. The minimum Gasteiger partial charge on any atom is -0.484 e. The quantitative estimate of drug-likeness (QED) is 0.438. The highest BCUT2D eigenvalue weighted by molar-refractivity contribution is 6.33. The smallest absolute Gasteiger partial charge is 0.416 e. The summed E-state index contributed by atoms with van der Waals surface area (Å²) >= 11 is 5.95. The average Bonchev–Trinajstić information content (AvgIpc) is 2.71. The molecule has 0 spiro atoms. The maximum atomic E-state index is 12.9. The molecule has 1 amide bonds. The summed E-state index contributed by atoms with van der Waals surface area (Å²) in [5.41, 5.74) is 3.08. The Morgan fingerprint density at radius 2 is 1.77 bits per heavy atom. The molecule has 2 aromatic carbocycles. The predicted molar refractivity (Wildman–Crippen MR) is 112 cm³/mol. The number of rotatable bonds is 8. The lowest BCUT2D eigenvalue weighted by Crippen LogP contribution is -2.34. The normalized spacial score (nSPS) is 11.9. The van der Waals surface area contributed by atoms with Crippen molar-refractivity contribution in [3.8, 4) is 5.75 Å². The Kier molecular flexibility index (Phi) is 8.11. The Bertz CT molecular complexity index is 895. The Morgan fingerprint density at radius 1 is 1.13 bits per heavy atom. The van der Waals surface area contributed by atoms with Crippen LogP contribution in [0.2, 0.25) is 5.02 Å². The summed E-state index contributed by atoms with van der Waals surface area (Å²) in [6, 6.07) is 9.86. The van der Waals surface area contributed by atoms with Crippen molar-refractivity contribution in [1.82, 2.24) is 4.90 Å². The van der Waals surface area contributed by atoms with Crippen molar-refractivity contribution in [3.63, 3.8) is 0 Å². The summed E-state index contributed by atoms with van der Waals surface area (Å²) in [4.78, 5) is 13.7. The molecule has 0 atom stereocenters. The number of nitrogens with one attached hydrogen (secondary N) is 1. The fraction of sp³-hybridized carbons (Fsp3) is 0.333. The van der Waals surface area contributed by atoms with Crippen molar-refractivity contribution in [3.05, 3.63) is 58.6 Å². The van der Waals surface area contributed by atoms with Crippen LogP contribution in [0.4, 0.5) is 18.9 Å². The van der Waals surface area contributed by atoms with Crippen LogP contribution < -0.4 is 10.2 Å². The second-order valence-corrected chi connectivity index (χ2v) is 6.79. The third kappa shape index (κ3) is 6.38. The van der Waals surface area contributed by atoms with E-state index >= 15 is 0 Å². The van der Waals surface area contributed by atoms with Crippen molar-refractivity contribution in [2.24, 2.45) is 5.10 Å². The molecule has 1 N–H and O–H groups in total. The number of alkyl halides is 3. The molecule has 9 heteroatoms. The molecule has 0 fully saturated rings. The number of nitrogens with zero attached hydrogens (tertiary/aromatic N) is 2. The molecule has 0 unspecified atom stereocenters. The van der Waals surface area contributed by atoms with Crippen LogP contribution >= 0.6 is 11.6 Å². The first-order valence-corrected chi connectivity index (χ1v) is 9.71. The number of halogens is 4. The van der Waals surface area contributed by atoms with Gasteiger partial charge in [0.15, 0.2) is 6.61 Å². The molecule has 0 aliphatic rings. The molecule has 0 saturated heterocycles. The van der Waals surface area contributed by atoms with Crippen molar-refractivity contribution in [2.75, 3.05) is 25.1 Å². The second kappa shape index (κ2) is 10.3. The predicted octanol–water partition coefficient (Wildman–Crippen LogP) is 5.44. The summed E-state index contributed by atoms with van der Waals surface area (Å²) in [6.07, 6.45) is -4.47. The van der Waals surface area contributed by atoms with Gasteiger partial charge in [-0.1, -0.05) is 11.6 Å².